The molecule has 0 saturated carbocycles. The lowest BCUT2D eigenvalue weighted by Gasteiger charge is -2.21. The number of cyclic esters (lactones) is 1. The first-order valence-electron chi connectivity index (χ1n) is 6.39. The normalized spacial score (nSPS) is 18.4. The molecule has 0 aromatic heterocycles. The molecule has 1 atom stereocenters. The van der Waals surface area contributed by atoms with E-state index in [1.54, 1.807) is 4.90 Å². The van der Waals surface area contributed by atoms with E-state index in [4.69, 9.17) is 4.74 Å². The van der Waals surface area contributed by atoms with E-state index in [1.165, 1.54) is 5.56 Å². The Kier molecular flexibility index (Phi) is 3.19. The van der Waals surface area contributed by atoms with E-state index in [-0.39, 0.29) is 12.1 Å². The van der Waals surface area contributed by atoms with E-state index in [0.717, 1.165) is 12.1 Å². The molecule has 3 rings (SSSR count). The van der Waals surface area contributed by atoms with Gasteiger partial charge in [0.2, 0.25) is 0 Å². The molecule has 2 aromatic carbocycles. The minimum atomic E-state index is -0.257. The third-order valence-electron chi connectivity index (χ3n) is 3.31. The quantitative estimate of drug-likeness (QED) is 0.840. The molecule has 2 aromatic rings. The first-order valence-corrected chi connectivity index (χ1v) is 6.39. The fourth-order valence-electron chi connectivity index (χ4n) is 2.40. The number of benzene rings is 2. The third-order valence-corrected chi connectivity index (χ3v) is 3.31. The van der Waals surface area contributed by atoms with Crippen LogP contribution in [0.3, 0.4) is 0 Å². The summed E-state index contributed by atoms with van der Waals surface area (Å²) in [4.78, 5) is 13.6. The summed E-state index contributed by atoms with van der Waals surface area (Å²) in [5.74, 6) is 0. The highest BCUT2D eigenvalue weighted by Gasteiger charge is 2.33. The molecular formula is C16H15NO2. The predicted octanol–water partition coefficient (Wildman–Crippen LogP) is 3.25. The van der Waals surface area contributed by atoms with Crippen molar-refractivity contribution in [3.63, 3.8) is 0 Å². The maximum atomic E-state index is 11.9. The molecule has 0 radical (unpaired) electrons. The summed E-state index contributed by atoms with van der Waals surface area (Å²) in [5.41, 5.74) is 2.11. The molecule has 1 heterocycles. The summed E-state index contributed by atoms with van der Waals surface area (Å²) in [7, 11) is 0. The Morgan fingerprint density at radius 2 is 1.63 bits per heavy atom. The molecule has 1 amide bonds. The maximum Gasteiger partial charge on any atom is 0.414 e. The van der Waals surface area contributed by atoms with Crippen LogP contribution in [-0.4, -0.2) is 18.7 Å². The highest BCUT2D eigenvalue weighted by molar-refractivity contribution is 5.90. The van der Waals surface area contributed by atoms with Gasteiger partial charge in [-0.2, -0.15) is 0 Å². The Hall–Kier alpha value is -2.29. The summed E-state index contributed by atoms with van der Waals surface area (Å²) in [6.45, 7) is 0.447. The molecule has 1 fully saturated rings. The van der Waals surface area contributed by atoms with Crippen LogP contribution in [0.1, 0.15) is 5.56 Å². The monoisotopic (exact) mass is 253 g/mol. The lowest BCUT2D eigenvalue weighted by atomic mass is 10.1. The number of ether oxygens (including phenoxy) is 1. The molecule has 0 unspecified atom stereocenters. The molecule has 19 heavy (non-hydrogen) atoms. The predicted molar refractivity (Wildman–Crippen MR) is 74.2 cm³/mol. The smallest absolute Gasteiger partial charge is 0.414 e. The summed E-state index contributed by atoms with van der Waals surface area (Å²) in [5, 5.41) is 0. The largest absolute Gasteiger partial charge is 0.447 e. The summed E-state index contributed by atoms with van der Waals surface area (Å²) >= 11 is 0. The average molecular weight is 253 g/mol. The minimum Gasteiger partial charge on any atom is -0.447 e. The number of anilines is 1. The number of rotatable bonds is 3. The van der Waals surface area contributed by atoms with Gasteiger partial charge in [-0.15, -0.1) is 0 Å². The minimum absolute atomic E-state index is 0.0669. The van der Waals surface area contributed by atoms with Crippen molar-refractivity contribution in [2.75, 3.05) is 11.5 Å². The van der Waals surface area contributed by atoms with Crippen LogP contribution in [0.2, 0.25) is 0 Å². The highest BCUT2D eigenvalue weighted by atomic mass is 16.6. The number of hydrogen-bond acceptors (Lipinski definition) is 2. The Morgan fingerprint density at radius 1 is 1.00 bits per heavy atom. The van der Waals surface area contributed by atoms with Crippen LogP contribution in [0.15, 0.2) is 60.7 Å². The molecule has 0 N–H and O–H groups in total. The molecule has 3 nitrogen and oxygen atoms in total. The first kappa shape index (κ1) is 11.8. The van der Waals surface area contributed by atoms with Crippen LogP contribution in [0.5, 0.6) is 0 Å². The third kappa shape index (κ3) is 2.45. The standard InChI is InChI=1S/C16H15NO2/c18-16-17(14-9-5-2-6-10-14)15(12-19-16)11-13-7-3-1-4-8-13/h1-10,15H,11-12H2/t15-/m1/s1. The van der Waals surface area contributed by atoms with Crippen LogP contribution >= 0.6 is 0 Å². The van der Waals surface area contributed by atoms with E-state index >= 15 is 0 Å². The molecule has 1 saturated heterocycles. The topological polar surface area (TPSA) is 29.5 Å². The first-order chi connectivity index (χ1) is 9.34. The van der Waals surface area contributed by atoms with Gasteiger partial charge in [-0.1, -0.05) is 48.5 Å². The second kappa shape index (κ2) is 5.14. The van der Waals surface area contributed by atoms with E-state index in [0.29, 0.717) is 6.61 Å². The molecule has 96 valence electrons. The van der Waals surface area contributed by atoms with Gasteiger partial charge >= 0.3 is 6.09 Å². The zero-order valence-electron chi connectivity index (χ0n) is 10.5. The maximum absolute atomic E-state index is 11.9. The van der Waals surface area contributed by atoms with E-state index in [1.807, 2.05) is 48.5 Å². The summed E-state index contributed by atoms with van der Waals surface area (Å²) in [6.07, 6.45) is 0.550. The van der Waals surface area contributed by atoms with Gasteiger partial charge in [0, 0.05) is 5.69 Å². The zero-order valence-corrected chi connectivity index (χ0v) is 10.5. The van der Waals surface area contributed by atoms with Crippen molar-refractivity contribution < 1.29 is 9.53 Å². The van der Waals surface area contributed by atoms with Gasteiger partial charge in [0.25, 0.3) is 0 Å². The second-order valence-electron chi connectivity index (χ2n) is 4.63. The van der Waals surface area contributed by atoms with Gasteiger partial charge in [-0.3, -0.25) is 4.90 Å². The van der Waals surface area contributed by atoms with Crippen molar-refractivity contribution in [2.24, 2.45) is 0 Å². The van der Waals surface area contributed by atoms with Crippen molar-refractivity contribution in [1.82, 2.24) is 0 Å². The van der Waals surface area contributed by atoms with Crippen LogP contribution in [0.4, 0.5) is 10.5 Å². The number of para-hydroxylation sites is 1. The summed E-state index contributed by atoms with van der Waals surface area (Å²) in [6, 6.07) is 19.9. The lowest BCUT2D eigenvalue weighted by molar-refractivity contribution is 0.178. The molecule has 0 aliphatic carbocycles. The molecule has 1 aliphatic rings. The Balaban J connectivity index is 1.83. The van der Waals surface area contributed by atoms with Crippen LogP contribution in [-0.2, 0) is 11.2 Å². The summed E-state index contributed by atoms with van der Waals surface area (Å²) < 4.78 is 5.19. The van der Waals surface area contributed by atoms with E-state index in [9.17, 15) is 4.79 Å². The van der Waals surface area contributed by atoms with Crippen molar-refractivity contribution in [1.29, 1.82) is 0 Å². The van der Waals surface area contributed by atoms with Gasteiger partial charge < -0.3 is 4.74 Å². The SMILES string of the molecule is O=C1OC[C@@H](Cc2ccccc2)N1c1ccccc1. The van der Waals surface area contributed by atoms with Gasteiger partial charge in [0.15, 0.2) is 0 Å². The molecular weight excluding hydrogens is 238 g/mol. The number of carbonyl (C=O) groups is 1. The fourth-order valence-corrected chi connectivity index (χ4v) is 2.40. The van der Waals surface area contributed by atoms with Crippen molar-refractivity contribution in [3.05, 3.63) is 66.2 Å². The molecule has 0 spiro atoms. The highest BCUT2D eigenvalue weighted by Crippen LogP contribution is 2.24. The van der Waals surface area contributed by atoms with E-state index in [2.05, 4.69) is 12.1 Å². The van der Waals surface area contributed by atoms with Crippen molar-refractivity contribution in [2.45, 2.75) is 12.5 Å². The number of nitrogens with zero attached hydrogens (tertiary/aromatic N) is 1. The van der Waals surface area contributed by atoms with Gasteiger partial charge in [0.1, 0.15) is 6.61 Å². The van der Waals surface area contributed by atoms with Crippen LogP contribution in [0.25, 0.3) is 0 Å². The molecule has 1 aliphatic heterocycles. The van der Waals surface area contributed by atoms with Crippen LogP contribution < -0.4 is 4.90 Å². The average Bonchev–Trinajstić information content (AvgIpc) is 2.82. The molecule has 0 bridgehead atoms. The Bertz CT molecular complexity index is 553. The Labute approximate surface area is 112 Å². The van der Waals surface area contributed by atoms with Crippen molar-refractivity contribution in [3.8, 4) is 0 Å². The number of amides is 1. The lowest BCUT2D eigenvalue weighted by Crippen LogP contribution is -2.34. The van der Waals surface area contributed by atoms with Crippen molar-refractivity contribution >= 4 is 11.8 Å². The zero-order chi connectivity index (χ0) is 13.1. The molecule has 3 heteroatoms. The van der Waals surface area contributed by atoms with Gasteiger partial charge in [0.05, 0.1) is 6.04 Å². The fraction of sp³-hybridized carbons (Fsp3) is 0.188. The van der Waals surface area contributed by atoms with Gasteiger partial charge in [-0.05, 0) is 24.1 Å². The van der Waals surface area contributed by atoms with Gasteiger partial charge in [-0.25, -0.2) is 4.79 Å². The van der Waals surface area contributed by atoms with Crippen LogP contribution in [0, 0.1) is 0 Å². The number of hydrogen-bond donors (Lipinski definition) is 0. The second-order valence-corrected chi connectivity index (χ2v) is 4.63. The number of carbonyl (C=O) groups excluding carboxylic acids is 1. The Morgan fingerprint density at radius 3 is 2.32 bits per heavy atom. The van der Waals surface area contributed by atoms with E-state index < -0.39 is 0 Å².